The van der Waals surface area contributed by atoms with Gasteiger partial charge in [-0.05, 0) is 48.9 Å². The summed E-state index contributed by atoms with van der Waals surface area (Å²) in [7, 11) is 0. The molecule has 2 atom stereocenters. The number of hydrogen-bond donors (Lipinski definition) is 0. The molecule has 0 heterocycles. The van der Waals surface area contributed by atoms with Crippen LogP contribution in [0.1, 0.15) is 59.3 Å². The van der Waals surface area contributed by atoms with Gasteiger partial charge >= 0.3 is 0 Å². The fourth-order valence-electron chi connectivity index (χ4n) is 3.41. The normalized spacial score (nSPS) is 49.6. The Hall–Kier alpha value is 0. The van der Waals surface area contributed by atoms with Gasteiger partial charge in [0.2, 0.25) is 0 Å². The molecule has 0 amide bonds. The molecule has 13 heavy (non-hydrogen) atoms. The zero-order chi connectivity index (χ0) is 9.47. The molecule has 2 aliphatic carbocycles. The van der Waals surface area contributed by atoms with Gasteiger partial charge in [0.05, 0.1) is 0 Å². The lowest BCUT2D eigenvalue weighted by Gasteiger charge is -2.56. The molecule has 0 heteroatoms. The van der Waals surface area contributed by atoms with Crippen LogP contribution in [-0.4, -0.2) is 0 Å². The minimum atomic E-state index is 0.754. The van der Waals surface area contributed by atoms with Crippen LogP contribution < -0.4 is 0 Å². The second kappa shape index (κ2) is 3.29. The number of hydrogen-bond acceptors (Lipinski definition) is 0. The Morgan fingerprint density at radius 1 is 1.31 bits per heavy atom. The van der Waals surface area contributed by atoms with Crippen molar-refractivity contribution in [1.82, 2.24) is 0 Å². The topological polar surface area (TPSA) is 0 Å². The summed E-state index contributed by atoms with van der Waals surface area (Å²) >= 11 is 0. The van der Waals surface area contributed by atoms with E-state index in [0.29, 0.717) is 0 Å². The zero-order valence-corrected chi connectivity index (χ0v) is 9.47. The molecule has 0 aliphatic heterocycles. The van der Waals surface area contributed by atoms with Crippen molar-refractivity contribution in [2.45, 2.75) is 59.3 Å². The van der Waals surface area contributed by atoms with Crippen LogP contribution in [0, 0.1) is 23.2 Å². The summed E-state index contributed by atoms with van der Waals surface area (Å²) in [5.74, 6) is 3.20. The first-order valence-corrected chi connectivity index (χ1v) is 6.16. The Morgan fingerprint density at radius 2 is 2.00 bits per heavy atom. The third kappa shape index (κ3) is 1.43. The Labute approximate surface area is 83.1 Å². The van der Waals surface area contributed by atoms with Gasteiger partial charge in [-0.3, -0.25) is 0 Å². The molecule has 0 nitrogen and oxygen atoms in total. The van der Waals surface area contributed by atoms with E-state index in [2.05, 4.69) is 20.8 Å². The van der Waals surface area contributed by atoms with Crippen LogP contribution in [0.4, 0.5) is 0 Å². The molecule has 2 rings (SSSR count). The van der Waals surface area contributed by atoms with Crippen LogP contribution in [0.25, 0.3) is 0 Å². The first kappa shape index (κ1) is 9.55. The average molecular weight is 180 g/mol. The van der Waals surface area contributed by atoms with Crippen LogP contribution in [-0.2, 0) is 0 Å². The van der Waals surface area contributed by atoms with E-state index in [0.717, 1.165) is 23.2 Å². The maximum atomic E-state index is 2.54. The van der Waals surface area contributed by atoms with Crippen LogP contribution in [0.3, 0.4) is 0 Å². The van der Waals surface area contributed by atoms with Gasteiger partial charge in [-0.25, -0.2) is 0 Å². The molecule has 0 aromatic heterocycles. The predicted octanol–water partition coefficient (Wildman–Crippen LogP) is 4.25. The summed E-state index contributed by atoms with van der Waals surface area (Å²) in [6, 6.07) is 0. The van der Waals surface area contributed by atoms with Crippen molar-refractivity contribution in [1.29, 1.82) is 0 Å². The van der Waals surface area contributed by atoms with Crippen molar-refractivity contribution in [2.24, 2.45) is 23.2 Å². The second-order valence-electron chi connectivity index (χ2n) is 5.77. The molecule has 0 bridgehead atoms. The van der Waals surface area contributed by atoms with E-state index < -0.39 is 0 Å². The van der Waals surface area contributed by atoms with Crippen molar-refractivity contribution in [3.63, 3.8) is 0 Å². The molecule has 2 fully saturated rings. The summed E-state index contributed by atoms with van der Waals surface area (Å²) in [6.07, 6.45) is 8.98. The van der Waals surface area contributed by atoms with Gasteiger partial charge < -0.3 is 0 Å². The van der Waals surface area contributed by atoms with Gasteiger partial charge in [-0.15, -0.1) is 0 Å². The van der Waals surface area contributed by atoms with E-state index in [-0.39, 0.29) is 0 Å². The standard InChI is InChI=1S/C13H24/c1-4-5-11-8-12(9-11)13(3)7-6-10(13)2/h10-12H,4-9H2,1-3H3/t10-,11?,12?,13+/m0/s1. The SMILES string of the molecule is CCCC1CC([C@]2(C)CC[C@@H]2C)C1. The van der Waals surface area contributed by atoms with Crippen molar-refractivity contribution in [3.05, 3.63) is 0 Å². The Balaban J connectivity index is 1.79. The summed E-state index contributed by atoms with van der Waals surface area (Å²) < 4.78 is 0. The molecular formula is C13H24. The molecule has 2 saturated carbocycles. The minimum absolute atomic E-state index is 0.754. The van der Waals surface area contributed by atoms with Crippen LogP contribution in [0.5, 0.6) is 0 Å². The van der Waals surface area contributed by atoms with E-state index in [9.17, 15) is 0 Å². The summed E-state index contributed by atoms with van der Waals surface area (Å²) in [5.41, 5.74) is 0.754. The van der Waals surface area contributed by atoms with Crippen LogP contribution in [0.15, 0.2) is 0 Å². The molecule has 0 radical (unpaired) electrons. The van der Waals surface area contributed by atoms with Crippen molar-refractivity contribution < 1.29 is 0 Å². The third-order valence-electron chi connectivity index (χ3n) is 5.11. The minimum Gasteiger partial charge on any atom is -0.0654 e. The molecule has 0 aromatic rings. The van der Waals surface area contributed by atoms with Crippen molar-refractivity contribution in [3.8, 4) is 0 Å². The van der Waals surface area contributed by atoms with E-state index in [4.69, 9.17) is 0 Å². The van der Waals surface area contributed by atoms with Gasteiger partial charge in [0.15, 0.2) is 0 Å². The molecular weight excluding hydrogens is 156 g/mol. The predicted molar refractivity (Wildman–Crippen MR) is 57.6 cm³/mol. The quantitative estimate of drug-likeness (QED) is 0.609. The monoisotopic (exact) mass is 180 g/mol. The third-order valence-corrected chi connectivity index (χ3v) is 5.11. The average Bonchev–Trinajstić information content (AvgIpc) is 2.07. The largest absolute Gasteiger partial charge is 0.0654 e. The molecule has 0 N–H and O–H groups in total. The lowest BCUT2D eigenvalue weighted by molar-refractivity contribution is -0.0646. The van der Waals surface area contributed by atoms with Crippen LogP contribution >= 0.6 is 0 Å². The smallest absolute Gasteiger partial charge is 0.0272 e. The lowest BCUT2D eigenvalue weighted by Crippen LogP contribution is -2.47. The van der Waals surface area contributed by atoms with Crippen molar-refractivity contribution >= 4 is 0 Å². The van der Waals surface area contributed by atoms with Gasteiger partial charge in [0, 0.05) is 0 Å². The highest BCUT2D eigenvalue weighted by Crippen LogP contribution is 2.59. The molecule has 2 aliphatic rings. The number of rotatable bonds is 3. The fraction of sp³-hybridized carbons (Fsp3) is 1.00. The summed E-state index contributed by atoms with van der Waals surface area (Å²) in [5, 5.41) is 0. The zero-order valence-electron chi connectivity index (χ0n) is 9.47. The van der Waals surface area contributed by atoms with Crippen LogP contribution in [0.2, 0.25) is 0 Å². The van der Waals surface area contributed by atoms with Crippen molar-refractivity contribution in [2.75, 3.05) is 0 Å². The molecule has 0 aromatic carbocycles. The first-order chi connectivity index (χ1) is 6.16. The van der Waals surface area contributed by atoms with E-state index in [1.54, 1.807) is 12.8 Å². The maximum absolute atomic E-state index is 2.54. The Morgan fingerprint density at radius 3 is 2.38 bits per heavy atom. The Bertz CT molecular complexity index is 178. The van der Waals surface area contributed by atoms with Gasteiger partial charge in [0.25, 0.3) is 0 Å². The highest BCUT2D eigenvalue weighted by atomic mass is 14.5. The maximum Gasteiger partial charge on any atom is -0.0272 e. The molecule has 0 unspecified atom stereocenters. The second-order valence-corrected chi connectivity index (χ2v) is 5.77. The summed E-state index contributed by atoms with van der Waals surface area (Å²) in [4.78, 5) is 0. The summed E-state index contributed by atoms with van der Waals surface area (Å²) in [6.45, 7) is 7.31. The highest BCUT2D eigenvalue weighted by Gasteiger charge is 2.49. The highest BCUT2D eigenvalue weighted by molar-refractivity contribution is 4.99. The first-order valence-electron chi connectivity index (χ1n) is 6.16. The van der Waals surface area contributed by atoms with Gasteiger partial charge in [-0.2, -0.15) is 0 Å². The van der Waals surface area contributed by atoms with Gasteiger partial charge in [-0.1, -0.05) is 33.6 Å². The van der Waals surface area contributed by atoms with E-state index >= 15 is 0 Å². The molecule has 0 saturated heterocycles. The van der Waals surface area contributed by atoms with Gasteiger partial charge in [0.1, 0.15) is 0 Å². The molecule has 76 valence electrons. The molecule has 0 spiro atoms. The van der Waals surface area contributed by atoms with E-state index in [1.165, 1.54) is 25.7 Å². The fourth-order valence-corrected chi connectivity index (χ4v) is 3.41. The van der Waals surface area contributed by atoms with E-state index in [1.807, 2.05) is 0 Å². The Kier molecular flexibility index (Phi) is 2.42. The lowest BCUT2D eigenvalue weighted by atomic mass is 9.49.